The monoisotopic (exact) mass is 292 g/mol. The van der Waals surface area contributed by atoms with Crippen LogP contribution in [0.1, 0.15) is 5.56 Å². The number of halogens is 4. The first-order chi connectivity index (χ1) is 8.70. The summed E-state index contributed by atoms with van der Waals surface area (Å²) in [6, 6.07) is 6.10. The van der Waals surface area contributed by atoms with Crippen LogP contribution < -0.4 is 5.43 Å². The standard InChI is InChI=1S/C12H12ClF3N2O/c1-18(2)17-10(7-11(19)12(14,15)16)8-3-5-9(13)6-4-8/h3-7,17H,1-2H3/b10-7+. The van der Waals surface area contributed by atoms with Gasteiger partial charge in [-0.1, -0.05) is 23.7 Å². The van der Waals surface area contributed by atoms with Crippen LogP contribution in [0.15, 0.2) is 30.3 Å². The first-order valence-electron chi connectivity index (χ1n) is 5.23. The molecule has 0 atom stereocenters. The molecule has 0 aliphatic carbocycles. The van der Waals surface area contributed by atoms with Crippen LogP contribution in [0, 0.1) is 0 Å². The second kappa shape index (κ2) is 6.08. The number of nitrogens with zero attached hydrogens (tertiary/aromatic N) is 1. The van der Waals surface area contributed by atoms with E-state index in [1.165, 1.54) is 29.3 Å². The molecule has 1 N–H and O–H groups in total. The molecule has 19 heavy (non-hydrogen) atoms. The molecule has 104 valence electrons. The Bertz CT molecular complexity index is 481. The molecular weight excluding hydrogens is 281 g/mol. The third-order valence-corrected chi connectivity index (χ3v) is 2.31. The Morgan fingerprint density at radius 3 is 2.21 bits per heavy atom. The molecule has 0 aliphatic heterocycles. The normalized spacial score (nSPS) is 12.7. The van der Waals surface area contributed by atoms with Crippen molar-refractivity contribution < 1.29 is 18.0 Å². The van der Waals surface area contributed by atoms with E-state index in [-0.39, 0.29) is 5.70 Å². The number of alkyl halides is 3. The Kier molecular flexibility index (Phi) is 4.97. The second-order valence-corrected chi connectivity index (χ2v) is 4.37. The molecule has 0 fully saturated rings. The van der Waals surface area contributed by atoms with Gasteiger partial charge in [0, 0.05) is 25.2 Å². The van der Waals surface area contributed by atoms with E-state index in [2.05, 4.69) is 5.43 Å². The van der Waals surface area contributed by atoms with Gasteiger partial charge in [-0.3, -0.25) is 4.79 Å². The van der Waals surface area contributed by atoms with Gasteiger partial charge in [-0.05, 0) is 17.7 Å². The molecule has 1 rings (SSSR count). The fraction of sp³-hybridized carbons (Fsp3) is 0.250. The van der Waals surface area contributed by atoms with Crippen LogP contribution in [-0.2, 0) is 4.79 Å². The number of carbonyl (C=O) groups excluding carboxylic acids is 1. The SMILES string of the molecule is CN(C)N/C(=C/C(=O)C(F)(F)F)c1ccc(Cl)cc1. The third kappa shape index (κ3) is 4.92. The Balaban J connectivity index is 3.11. The number of rotatable bonds is 4. The van der Waals surface area contributed by atoms with E-state index < -0.39 is 12.0 Å². The molecule has 0 amide bonds. The molecule has 0 heterocycles. The van der Waals surface area contributed by atoms with Crippen molar-refractivity contribution in [3.8, 4) is 0 Å². The van der Waals surface area contributed by atoms with Crippen molar-refractivity contribution in [1.29, 1.82) is 0 Å². The zero-order chi connectivity index (χ0) is 14.6. The van der Waals surface area contributed by atoms with Gasteiger partial charge in [0.25, 0.3) is 5.78 Å². The first-order valence-corrected chi connectivity index (χ1v) is 5.60. The molecule has 1 aromatic carbocycles. The lowest BCUT2D eigenvalue weighted by Crippen LogP contribution is -2.30. The summed E-state index contributed by atoms with van der Waals surface area (Å²) in [5.74, 6) is -1.92. The highest BCUT2D eigenvalue weighted by Gasteiger charge is 2.36. The first kappa shape index (κ1) is 15.5. The number of allylic oxidation sites excluding steroid dienone is 1. The Morgan fingerprint density at radius 2 is 1.79 bits per heavy atom. The van der Waals surface area contributed by atoms with Gasteiger partial charge in [-0.15, -0.1) is 0 Å². The molecule has 0 aromatic heterocycles. The molecule has 0 bridgehead atoms. The zero-order valence-electron chi connectivity index (χ0n) is 10.3. The topological polar surface area (TPSA) is 32.3 Å². The van der Waals surface area contributed by atoms with Crippen LogP contribution in [0.25, 0.3) is 5.70 Å². The fourth-order valence-corrected chi connectivity index (χ4v) is 1.39. The van der Waals surface area contributed by atoms with Crippen molar-refractivity contribution in [1.82, 2.24) is 10.4 Å². The Morgan fingerprint density at radius 1 is 1.26 bits per heavy atom. The number of benzene rings is 1. The van der Waals surface area contributed by atoms with Crippen LogP contribution >= 0.6 is 11.6 Å². The number of carbonyl (C=O) groups is 1. The number of ketones is 1. The Labute approximate surface area is 113 Å². The van der Waals surface area contributed by atoms with E-state index in [1.807, 2.05) is 0 Å². The lowest BCUT2D eigenvalue weighted by Gasteiger charge is -2.17. The van der Waals surface area contributed by atoms with Gasteiger partial charge in [0.05, 0.1) is 5.70 Å². The van der Waals surface area contributed by atoms with Crippen molar-refractivity contribution in [2.75, 3.05) is 14.1 Å². The maximum atomic E-state index is 12.3. The molecule has 0 saturated carbocycles. The summed E-state index contributed by atoms with van der Waals surface area (Å²) in [5.41, 5.74) is 3.12. The molecule has 3 nitrogen and oxygen atoms in total. The van der Waals surface area contributed by atoms with Gasteiger partial charge in [0.15, 0.2) is 0 Å². The summed E-state index contributed by atoms with van der Waals surface area (Å²) in [6.07, 6.45) is -4.38. The number of hydrogen-bond donors (Lipinski definition) is 1. The molecule has 0 unspecified atom stereocenters. The van der Waals surface area contributed by atoms with Gasteiger partial charge in [-0.2, -0.15) is 13.2 Å². The quantitative estimate of drug-likeness (QED) is 0.684. The summed E-state index contributed by atoms with van der Waals surface area (Å²) in [6.45, 7) is 0. The van der Waals surface area contributed by atoms with Crippen molar-refractivity contribution in [2.45, 2.75) is 6.18 Å². The van der Waals surface area contributed by atoms with Crippen molar-refractivity contribution >= 4 is 23.1 Å². The molecule has 0 radical (unpaired) electrons. The van der Waals surface area contributed by atoms with E-state index in [9.17, 15) is 18.0 Å². The Hall–Kier alpha value is -1.53. The maximum absolute atomic E-state index is 12.3. The van der Waals surface area contributed by atoms with E-state index in [0.29, 0.717) is 16.7 Å². The van der Waals surface area contributed by atoms with Crippen LogP contribution in [0.4, 0.5) is 13.2 Å². The van der Waals surface area contributed by atoms with Crippen LogP contribution in [0.5, 0.6) is 0 Å². The van der Waals surface area contributed by atoms with Gasteiger partial charge in [-0.25, -0.2) is 5.01 Å². The van der Waals surface area contributed by atoms with E-state index in [1.54, 1.807) is 14.1 Å². The summed E-state index contributed by atoms with van der Waals surface area (Å²) in [7, 11) is 3.20. The number of nitrogens with one attached hydrogen (secondary N) is 1. The van der Waals surface area contributed by atoms with Crippen molar-refractivity contribution in [3.05, 3.63) is 40.9 Å². The van der Waals surface area contributed by atoms with Gasteiger partial charge >= 0.3 is 6.18 Å². The lowest BCUT2D eigenvalue weighted by molar-refractivity contribution is -0.165. The van der Waals surface area contributed by atoms with Crippen molar-refractivity contribution in [3.63, 3.8) is 0 Å². The van der Waals surface area contributed by atoms with Crippen LogP contribution in [-0.4, -0.2) is 31.1 Å². The van der Waals surface area contributed by atoms with Crippen LogP contribution in [0.2, 0.25) is 5.02 Å². The third-order valence-electron chi connectivity index (χ3n) is 2.05. The van der Waals surface area contributed by atoms with Crippen LogP contribution in [0.3, 0.4) is 0 Å². The highest BCUT2D eigenvalue weighted by atomic mass is 35.5. The average molecular weight is 293 g/mol. The number of hydrazine groups is 1. The van der Waals surface area contributed by atoms with E-state index >= 15 is 0 Å². The minimum Gasteiger partial charge on any atom is -0.319 e. The fourth-order valence-electron chi connectivity index (χ4n) is 1.26. The smallest absolute Gasteiger partial charge is 0.319 e. The number of hydrogen-bond acceptors (Lipinski definition) is 3. The van der Waals surface area contributed by atoms with Crippen molar-refractivity contribution in [2.24, 2.45) is 0 Å². The van der Waals surface area contributed by atoms with Gasteiger partial charge in [0.1, 0.15) is 0 Å². The highest BCUT2D eigenvalue weighted by Crippen LogP contribution is 2.21. The summed E-state index contributed by atoms with van der Waals surface area (Å²) in [5, 5.41) is 1.89. The predicted molar refractivity (Wildman–Crippen MR) is 67.3 cm³/mol. The summed E-state index contributed by atoms with van der Waals surface area (Å²) >= 11 is 5.70. The minimum absolute atomic E-state index is 0.0454. The maximum Gasteiger partial charge on any atom is 0.454 e. The van der Waals surface area contributed by atoms with E-state index in [4.69, 9.17) is 11.6 Å². The largest absolute Gasteiger partial charge is 0.454 e. The highest BCUT2D eigenvalue weighted by molar-refractivity contribution is 6.30. The van der Waals surface area contributed by atoms with Gasteiger partial charge in [0.2, 0.25) is 0 Å². The summed E-state index contributed by atoms with van der Waals surface area (Å²) < 4.78 is 36.8. The molecular formula is C12H12ClF3N2O. The summed E-state index contributed by atoms with van der Waals surface area (Å²) in [4.78, 5) is 11.0. The lowest BCUT2D eigenvalue weighted by atomic mass is 10.1. The zero-order valence-corrected chi connectivity index (χ0v) is 11.0. The predicted octanol–water partition coefficient (Wildman–Crippen LogP) is 2.88. The average Bonchev–Trinajstić information content (AvgIpc) is 2.27. The van der Waals surface area contributed by atoms with E-state index in [0.717, 1.165) is 0 Å². The van der Waals surface area contributed by atoms with Gasteiger partial charge < -0.3 is 5.43 Å². The second-order valence-electron chi connectivity index (χ2n) is 3.93. The molecule has 1 aromatic rings. The molecule has 0 spiro atoms. The molecule has 0 saturated heterocycles. The molecule has 0 aliphatic rings. The minimum atomic E-state index is -4.90. The molecule has 7 heteroatoms.